The molecule has 1 N–H and O–H groups in total. The van der Waals surface area contributed by atoms with E-state index in [0.717, 1.165) is 18.3 Å². The molecule has 0 aromatic carbocycles. The van der Waals surface area contributed by atoms with Gasteiger partial charge in [-0.1, -0.05) is 18.2 Å². The van der Waals surface area contributed by atoms with Crippen LogP contribution in [0.15, 0.2) is 35.5 Å². The van der Waals surface area contributed by atoms with Crippen molar-refractivity contribution in [2.24, 2.45) is 5.92 Å². The lowest BCUT2D eigenvalue weighted by Crippen LogP contribution is -2.28. The van der Waals surface area contributed by atoms with E-state index >= 15 is 0 Å². The van der Waals surface area contributed by atoms with Crippen molar-refractivity contribution in [3.63, 3.8) is 0 Å². The number of carbonyl (C=O) groups is 2. The van der Waals surface area contributed by atoms with E-state index in [1.165, 1.54) is 6.08 Å². The molecule has 0 aromatic rings. The van der Waals surface area contributed by atoms with Gasteiger partial charge in [0.2, 0.25) is 0 Å². The summed E-state index contributed by atoms with van der Waals surface area (Å²) < 4.78 is 5.26. The minimum Gasteiger partial charge on any atom is -0.458 e. The summed E-state index contributed by atoms with van der Waals surface area (Å²) in [5, 5.41) is 10.2. The molecule has 19 heavy (non-hydrogen) atoms. The van der Waals surface area contributed by atoms with Crippen LogP contribution in [0.4, 0.5) is 0 Å². The first-order valence-electron chi connectivity index (χ1n) is 6.42. The van der Waals surface area contributed by atoms with Gasteiger partial charge in [0.25, 0.3) is 0 Å². The van der Waals surface area contributed by atoms with E-state index in [-0.39, 0.29) is 5.57 Å². The van der Waals surface area contributed by atoms with Crippen LogP contribution in [0.25, 0.3) is 0 Å². The van der Waals surface area contributed by atoms with Gasteiger partial charge >= 0.3 is 5.97 Å². The van der Waals surface area contributed by atoms with Crippen molar-refractivity contribution in [2.75, 3.05) is 0 Å². The van der Waals surface area contributed by atoms with Gasteiger partial charge in [0, 0.05) is 12.0 Å². The summed E-state index contributed by atoms with van der Waals surface area (Å²) in [6.45, 7) is 5.66. The molecule has 0 amide bonds. The van der Waals surface area contributed by atoms with Gasteiger partial charge in [0.1, 0.15) is 12.4 Å². The lowest BCUT2D eigenvalue weighted by molar-refractivity contribution is -0.139. The third-order valence-electron chi connectivity index (χ3n) is 3.68. The summed E-state index contributed by atoms with van der Waals surface area (Å²) in [6, 6.07) is 0. The first-order chi connectivity index (χ1) is 9.02. The average molecular weight is 262 g/mol. The highest BCUT2D eigenvalue weighted by molar-refractivity contribution is 5.91. The largest absolute Gasteiger partial charge is 0.458 e. The van der Waals surface area contributed by atoms with Gasteiger partial charge in [-0.3, -0.25) is 4.79 Å². The maximum atomic E-state index is 11.6. The molecule has 0 spiro atoms. The maximum Gasteiger partial charge on any atom is 0.334 e. The fraction of sp³-hybridized carbons (Fsp3) is 0.467. The molecule has 4 heteroatoms. The van der Waals surface area contributed by atoms with Crippen LogP contribution in [0.1, 0.15) is 26.2 Å². The molecule has 0 radical (unpaired) electrons. The summed E-state index contributed by atoms with van der Waals surface area (Å²) in [5.41, 5.74) is 1.92. The van der Waals surface area contributed by atoms with Crippen molar-refractivity contribution >= 4 is 12.3 Å². The Hall–Kier alpha value is -1.68. The van der Waals surface area contributed by atoms with Crippen LogP contribution in [0.5, 0.6) is 0 Å². The number of fused-ring (bicyclic) bond motifs is 1. The summed E-state index contributed by atoms with van der Waals surface area (Å²) in [6.07, 6.45) is 4.95. The second-order valence-corrected chi connectivity index (χ2v) is 5.14. The van der Waals surface area contributed by atoms with E-state index in [1.54, 1.807) is 0 Å². The van der Waals surface area contributed by atoms with E-state index in [0.29, 0.717) is 18.4 Å². The number of aliphatic hydroxyl groups excluding tert-OH is 1. The first kappa shape index (κ1) is 13.7. The highest BCUT2D eigenvalue weighted by Crippen LogP contribution is 2.34. The lowest BCUT2D eigenvalue weighted by Gasteiger charge is -2.22. The lowest BCUT2D eigenvalue weighted by atomic mass is 9.86. The van der Waals surface area contributed by atoms with Crippen LogP contribution in [0.2, 0.25) is 0 Å². The molecular weight excluding hydrogens is 244 g/mol. The summed E-state index contributed by atoms with van der Waals surface area (Å²) in [7, 11) is 0. The third kappa shape index (κ3) is 2.84. The molecular formula is C15H18O4. The summed E-state index contributed by atoms with van der Waals surface area (Å²) >= 11 is 0. The fourth-order valence-electron chi connectivity index (χ4n) is 2.63. The Morgan fingerprint density at radius 3 is 2.95 bits per heavy atom. The Labute approximate surface area is 112 Å². The summed E-state index contributed by atoms with van der Waals surface area (Å²) in [5.74, 6) is -0.925. The second-order valence-electron chi connectivity index (χ2n) is 5.14. The maximum absolute atomic E-state index is 11.6. The zero-order valence-corrected chi connectivity index (χ0v) is 11.0. The van der Waals surface area contributed by atoms with Crippen LogP contribution in [0.3, 0.4) is 0 Å². The van der Waals surface area contributed by atoms with Crippen molar-refractivity contribution in [3.8, 4) is 0 Å². The summed E-state index contributed by atoms with van der Waals surface area (Å²) in [4.78, 5) is 22.6. The number of hydrogen-bond donors (Lipinski definition) is 1. The smallest absolute Gasteiger partial charge is 0.334 e. The zero-order chi connectivity index (χ0) is 14.0. The predicted octanol–water partition coefficient (Wildman–Crippen LogP) is 1.70. The Morgan fingerprint density at radius 1 is 1.53 bits per heavy atom. The van der Waals surface area contributed by atoms with Gasteiger partial charge in [-0.05, 0) is 31.4 Å². The van der Waals surface area contributed by atoms with Crippen molar-refractivity contribution in [3.05, 3.63) is 35.5 Å². The fourth-order valence-corrected chi connectivity index (χ4v) is 2.63. The zero-order valence-electron chi connectivity index (χ0n) is 11.0. The molecule has 2 aliphatic rings. The average Bonchev–Trinajstić information content (AvgIpc) is 2.63. The van der Waals surface area contributed by atoms with Gasteiger partial charge < -0.3 is 9.84 Å². The first-order valence-corrected chi connectivity index (χ1v) is 6.42. The number of esters is 1. The van der Waals surface area contributed by atoms with Gasteiger partial charge in [0.05, 0.1) is 12.0 Å². The Kier molecular flexibility index (Phi) is 4.00. The number of rotatable bonds is 1. The molecule has 1 saturated heterocycles. The van der Waals surface area contributed by atoms with E-state index in [4.69, 9.17) is 4.74 Å². The molecule has 0 saturated carbocycles. The van der Waals surface area contributed by atoms with Gasteiger partial charge in [-0.25, -0.2) is 4.79 Å². The predicted molar refractivity (Wildman–Crippen MR) is 70.3 cm³/mol. The Bertz CT molecular complexity index is 473. The molecule has 3 atom stereocenters. The molecule has 1 aliphatic carbocycles. The monoisotopic (exact) mass is 262 g/mol. The highest BCUT2D eigenvalue weighted by Gasteiger charge is 2.42. The van der Waals surface area contributed by atoms with Crippen LogP contribution < -0.4 is 0 Å². The Morgan fingerprint density at radius 2 is 2.26 bits per heavy atom. The molecule has 4 nitrogen and oxygen atoms in total. The molecule has 1 aliphatic heterocycles. The molecule has 2 rings (SSSR count). The minimum absolute atomic E-state index is 0.285. The SMILES string of the molecule is C=C1C(=O)O[C@@H]2C/C(C)=C/CC/C(C=O)=C\[C@@H](O)[C@@H]12. The van der Waals surface area contributed by atoms with Crippen LogP contribution in [-0.4, -0.2) is 29.6 Å². The standard InChI is InChI=1S/C15H18O4/c1-9-4-3-5-11(8-16)7-12(17)14-10(2)15(18)19-13(14)6-9/h4,7-8,12-14,17H,2-3,5-6H2,1H3/b9-4+,11-7+/t12-,13-,14-/m1/s1. The van der Waals surface area contributed by atoms with Crippen molar-refractivity contribution in [1.82, 2.24) is 0 Å². The molecule has 0 aromatic heterocycles. The van der Waals surface area contributed by atoms with Crippen LogP contribution in [0, 0.1) is 5.92 Å². The van der Waals surface area contributed by atoms with E-state index < -0.39 is 24.1 Å². The van der Waals surface area contributed by atoms with E-state index in [9.17, 15) is 14.7 Å². The van der Waals surface area contributed by atoms with Crippen molar-refractivity contribution < 1.29 is 19.4 Å². The number of carbonyl (C=O) groups excluding carboxylic acids is 2. The van der Waals surface area contributed by atoms with E-state index in [2.05, 4.69) is 6.58 Å². The van der Waals surface area contributed by atoms with Crippen LogP contribution >= 0.6 is 0 Å². The third-order valence-corrected chi connectivity index (χ3v) is 3.68. The second kappa shape index (κ2) is 5.53. The number of aldehydes is 1. The topological polar surface area (TPSA) is 63.6 Å². The minimum atomic E-state index is -0.907. The molecule has 102 valence electrons. The molecule has 0 bridgehead atoms. The molecule has 0 unspecified atom stereocenters. The van der Waals surface area contributed by atoms with Crippen molar-refractivity contribution in [1.29, 1.82) is 0 Å². The highest BCUT2D eigenvalue weighted by atomic mass is 16.6. The van der Waals surface area contributed by atoms with E-state index in [1.807, 2.05) is 13.0 Å². The van der Waals surface area contributed by atoms with Crippen molar-refractivity contribution in [2.45, 2.75) is 38.4 Å². The Balaban J connectivity index is 2.35. The molecule has 1 heterocycles. The van der Waals surface area contributed by atoms with Gasteiger partial charge in [-0.15, -0.1) is 0 Å². The number of allylic oxidation sites excluding steroid dienone is 2. The number of ether oxygens (including phenoxy) is 1. The van der Waals surface area contributed by atoms with Crippen LogP contribution in [-0.2, 0) is 14.3 Å². The number of aliphatic hydroxyl groups is 1. The van der Waals surface area contributed by atoms with Gasteiger partial charge in [-0.2, -0.15) is 0 Å². The van der Waals surface area contributed by atoms with Gasteiger partial charge in [0.15, 0.2) is 0 Å². The normalized spacial score (nSPS) is 37.5. The number of hydrogen-bond acceptors (Lipinski definition) is 4. The molecule has 1 fully saturated rings. The quantitative estimate of drug-likeness (QED) is 0.338.